The Morgan fingerprint density at radius 3 is 2.38 bits per heavy atom. The Morgan fingerprint density at radius 2 is 1.62 bits per heavy atom. The fourth-order valence-corrected chi connectivity index (χ4v) is 2.37. The van der Waals surface area contributed by atoms with Crippen molar-refractivity contribution in [2.45, 2.75) is 0 Å². The summed E-state index contributed by atoms with van der Waals surface area (Å²) in [5, 5.41) is 9.92. The molecule has 6 heteroatoms. The maximum atomic E-state index is 4.56. The summed E-state index contributed by atoms with van der Waals surface area (Å²) in [5.41, 5.74) is 3.82. The van der Waals surface area contributed by atoms with Gasteiger partial charge in [-0.2, -0.15) is 5.10 Å². The van der Waals surface area contributed by atoms with Crippen LogP contribution in [0.15, 0.2) is 73.2 Å². The van der Waals surface area contributed by atoms with Gasteiger partial charge in [0.2, 0.25) is 5.95 Å². The lowest BCUT2D eigenvalue weighted by molar-refractivity contribution is 1.10. The van der Waals surface area contributed by atoms with Crippen molar-refractivity contribution >= 4 is 11.6 Å². The molecule has 4 rings (SSSR count). The molecule has 0 spiro atoms. The van der Waals surface area contributed by atoms with Crippen molar-refractivity contribution < 1.29 is 0 Å². The van der Waals surface area contributed by atoms with Crippen molar-refractivity contribution in [2.24, 2.45) is 0 Å². The summed E-state index contributed by atoms with van der Waals surface area (Å²) < 4.78 is 0. The van der Waals surface area contributed by atoms with Crippen LogP contribution in [-0.2, 0) is 0 Å². The molecule has 2 aromatic heterocycles. The number of H-pyrrole nitrogens is 1. The van der Waals surface area contributed by atoms with Gasteiger partial charge in [-0.25, -0.2) is 15.0 Å². The summed E-state index contributed by atoms with van der Waals surface area (Å²) in [6.07, 6.45) is 3.24. The molecule has 0 aliphatic carbocycles. The minimum Gasteiger partial charge on any atom is -0.324 e. The van der Waals surface area contributed by atoms with E-state index in [1.807, 2.05) is 60.7 Å². The first-order valence-electron chi connectivity index (χ1n) is 7.50. The molecule has 0 aliphatic rings. The Bertz CT molecular complexity index is 917. The molecule has 0 saturated carbocycles. The molecule has 0 aliphatic heterocycles. The zero-order valence-electron chi connectivity index (χ0n) is 12.7. The molecule has 2 aromatic carbocycles. The third-order valence-corrected chi connectivity index (χ3v) is 3.55. The molecule has 0 amide bonds. The van der Waals surface area contributed by atoms with E-state index in [2.05, 4.69) is 30.5 Å². The monoisotopic (exact) mass is 314 g/mol. The number of hydrogen-bond donors (Lipinski definition) is 2. The molecule has 0 fully saturated rings. The maximum absolute atomic E-state index is 4.56. The van der Waals surface area contributed by atoms with E-state index in [0.717, 1.165) is 28.3 Å². The van der Waals surface area contributed by atoms with Gasteiger partial charge in [-0.15, -0.1) is 0 Å². The highest BCUT2D eigenvalue weighted by atomic mass is 15.2. The van der Waals surface area contributed by atoms with Gasteiger partial charge in [0.15, 0.2) is 5.82 Å². The van der Waals surface area contributed by atoms with Crippen molar-refractivity contribution in [1.29, 1.82) is 0 Å². The minimum atomic E-state index is 0.559. The van der Waals surface area contributed by atoms with Crippen molar-refractivity contribution in [3.8, 4) is 22.6 Å². The fraction of sp³-hybridized carbons (Fsp3) is 0. The van der Waals surface area contributed by atoms with Gasteiger partial charge in [-0.3, -0.25) is 5.10 Å². The predicted molar refractivity (Wildman–Crippen MR) is 92.6 cm³/mol. The van der Waals surface area contributed by atoms with Gasteiger partial charge in [0, 0.05) is 23.0 Å². The van der Waals surface area contributed by atoms with E-state index in [9.17, 15) is 0 Å². The summed E-state index contributed by atoms with van der Waals surface area (Å²) >= 11 is 0. The smallest absolute Gasteiger partial charge is 0.227 e. The van der Waals surface area contributed by atoms with E-state index < -0.39 is 0 Å². The number of aromatic nitrogens is 5. The van der Waals surface area contributed by atoms with Crippen LogP contribution in [0.3, 0.4) is 0 Å². The second kappa shape index (κ2) is 6.29. The first kappa shape index (κ1) is 14.1. The summed E-state index contributed by atoms with van der Waals surface area (Å²) in [5.74, 6) is 1.30. The van der Waals surface area contributed by atoms with Crippen LogP contribution in [0.4, 0.5) is 11.6 Å². The van der Waals surface area contributed by atoms with Crippen LogP contribution in [-0.4, -0.2) is 25.1 Å². The molecule has 116 valence electrons. The second-order valence-electron chi connectivity index (χ2n) is 5.17. The number of anilines is 2. The average molecular weight is 314 g/mol. The van der Waals surface area contributed by atoms with Gasteiger partial charge >= 0.3 is 0 Å². The predicted octanol–water partition coefficient (Wildman–Crippen LogP) is 3.67. The quantitative estimate of drug-likeness (QED) is 0.601. The standard InChI is InChI=1S/C18H14N6/c1-2-4-13(5-3-1)16-10-11-19-18(23-16)22-15-8-6-14(7-9-15)17-20-12-21-24-17/h1-12H,(H,19,22,23)(H,20,21,24). The van der Waals surface area contributed by atoms with Crippen LogP contribution in [0, 0.1) is 0 Å². The third kappa shape index (κ3) is 2.98. The number of rotatable bonds is 4. The molecule has 0 unspecified atom stereocenters. The SMILES string of the molecule is c1ccc(-c2ccnc(Nc3ccc(-c4ncn[nH]4)cc3)n2)cc1. The summed E-state index contributed by atoms with van der Waals surface area (Å²) in [6, 6.07) is 19.8. The fourth-order valence-electron chi connectivity index (χ4n) is 2.37. The molecule has 2 N–H and O–H groups in total. The summed E-state index contributed by atoms with van der Waals surface area (Å²) in [4.78, 5) is 13.0. The first-order chi connectivity index (χ1) is 11.9. The van der Waals surface area contributed by atoms with Crippen LogP contribution in [0.2, 0.25) is 0 Å². The third-order valence-electron chi connectivity index (χ3n) is 3.55. The number of aromatic amines is 1. The average Bonchev–Trinajstić information content (AvgIpc) is 3.18. The van der Waals surface area contributed by atoms with E-state index in [1.165, 1.54) is 6.33 Å². The molecular weight excluding hydrogens is 300 g/mol. The number of hydrogen-bond acceptors (Lipinski definition) is 5. The molecule has 0 saturated heterocycles. The van der Waals surface area contributed by atoms with Crippen LogP contribution in [0.5, 0.6) is 0 Å². The number of nitrogens with zero attached hydrogens (tertiary/aromatic N) is 4. The van der Waals surface area contributed by atoms with Crippen molar-refractivity contribution in [3.05, 3.63) is 73.2 Å². The zero-order valence-corrected chi connectivity index (χ0v) is 12.7. The van der Waals surface area contributed by atoms with E-state index in [0.29, 0.717) is 5.95 Å². The van der Waals surface area contributed by atoms with Crippen LogP contribution < -0.4 is 5.32 Å². The van der Waals surface area contributed by atoms with Gasteiger partial charge < -0.3 is 5.32 Å². The van der Waals surface area contributed by atoms with E-state index >= 15 is 0 Å². The van der Waals surface area contributed by atoms with Gasteiger partial charge in [-0.1, -0.05) is 30.3 Å². The van der Waals surface area contributed by atoms with Crippen molar-refractivity contribution in [1.82, 2.24) is 25.1 Å². The van der Waals surface area contributed by atoms with Gasteiger partial charge in [0.05, 0.1) is 5.69 Å². The molecular formula is C18H14N6. The largest absolute Gasteiger partial charge is 0.324 e. The minimum absolute atomic E-state index is 0.559. The second-order valence-corrected chi connectivity index (χ2v) is 5.17. The molecule has 0 atom stereocenters. The molecule has 2 heterocycles. The molecule has 6 nitrogen and oxygen atoms in total. The van der Waals surface area contributed by atoms with Crippen molar-refractivity contribution in [2.75, 3.05) is 5.32 Å². The van der Waals surface area contributed by atoms with Gasteiger partial charge in [0.1, 0.15) is 6.33 Å². The molecule has 24 heavy (non-hydrogen) atoms. The highest BCUT2D eigenvalue weighted by Crippen LogP contribution is 2.21. The topological polar surface area (TPSA) is 79.4 Å². The molecule has 4 aromatic rings. The highest BCUT2D eigenvalue weighted by molar-refractivity contribution is 5.64. The first-order valence-corrected chi connectivity index (χ1v) is 7.50. The summed E-state index contributed by atoms with van der Waals surface area (Å²) in [7, 11) is 0. The normalized spacial score (nSPS) is 10.5. The Balaban J connectivity index is 1.55. The van der Waals surface area contributed by atoms with Gasteiger partial charge in [0.25, 0.3) is 0 Å². The van der Waals surface area contributed by atoms with E-state index in [4.69, 9.17) is 0 Å². The molecule has 0 bridgehead atoms. The zero-order chi connectivity index (χ0) is 16.2. The molecule has 0 radical (unpaired) electrons. The van der Waals surface area contributed by atoms with Gasteiger partial charge in [-0.05, 0) is 30.3 Å². The Kier molecular flexibility index (Phi) is 3.69. The van der Waals surface area contributed by atoms with E-state index in [1.54, 1.807) is 6.20 Å². The van der Waals surface area contributed by atoms with E-state index in [-0.39, 0.29) is 0 Å². The Labute approximate surface area is 138 Å². The summed E-state index contributed by atoms with van der Waals surface area (Å²) in [6.45, 7) is 0. The van der Waals surface area contributed by atoms with Crippen molar-refractivity contribution in [3.63, 3.8) is 0 Å². The van der Waals surface area contributed by atoms with Crippen LogP contribution in [0.1, 0.15) is 0 Å². The highest BCUT2D eigenvalue weighted by Gasteiger charge is 2.04. The number of nitrogens with one attached hydrogen (secondary N) is 2. The lowest BCUT2D eigenvalue weighted by atomic mass is 10.1. The lowest BCUT2D eigenvalue weighted by Crippen LogP contribution is -1.97. The van der Waals surface area contributed by atoms with Crippen LogP contribution >= 0.6 is 0 Å². The maximum Gasteiger partial charge on any atom is 0.227 e. The Morgan fingerprint density at radius 1 is 0.792 bits per heavy atom. The van der Waals surface area contributed by atoms with Crippen LogP contribution in [0.25, 0.3) is 22.6 Å². The lowest BCUT2D eigenvalue weighted by Gasteiger charge is -2.07. The number of benzene rings is 2. The Hall–Kier alpha value is -3.54.